The molecule has 230 valence electrons. The molecule has 0 aliphatic carbocycles. The lowest BCUT2D eigenvalue weighted by atomic mass is 9.93. The second-order valence-electron chi connectivity index (χ2n) is 12.5. The van der Waals surface area contributed by atoms with Crippen molar-refractivity contribution >= 4 is 71.7 Å². The van der Waals surface area contributed by atoms with Gasteiger partial charge in [0, 0.05) is 27.2 Å². The molecule has 0 saturated heterocycles. The van der Waals surface area contributed by atoms with Crippen molar-refractivity contribution in [3.63, 3.8) is 0 Å². The van der Waals surface area contributed by atoms with E-state index < -0.39 is 0 Å². The maximum absolute atomic E-state index is 6.84. The van der Waals surface area contributed by atoms with Gasteiger partial charge < -0.3 is 13.7 Å². The molecule has 2 aromatic heterocycles. The van der Waals surface area contributed by atoms with Crippen molar-refractivity contribution in [2.24, 2.45) is 0 Å². The number of benzene rings is 8. The Morgan fingerprint density at radius 1 is 0.388 bits per heavy atom. The van der Waals surface area contributed by atoms with E-state index in [2.05, 4.69) is 163 Å². The third kappa shape index (κ3) is 4.37. The molecule has 10 rings (SSSR count). The largest absolute Gasteiger partial charge is 0.456 e. The predicted molar refractivity (Wildman–Crippen MR) is 204 cm³/mol. The molecule has 3 nitrogen and oxygen atoms in total. The summed E-state index contributed by atoms with van der Waals surface area (Å²) in [6.45, 7) is 0. The topological polar surface area (TPSA) is 29.5 Å². The summed E-state index contributed by atoms with van der Waals surface area (Å²) in [5.41, 5.74) is 11.1. The lowest BCUT2D eigenvalue weighted by Gasteiger charge is -2.28. The highest BCUT2D eigenvalue weighted by Crippen LogP contribution is 2.50. The number of para-hydroxylation sites is 2. The van der Waals surface area contributed by atoms with Crippen molar-refractivity contribution in [1.82, 2.24) is 0 Å². The number of hydrogen-bond donors (Lipinski definition) is 0. The molecular weight excluding hydrogens is 599 g/mol. The zero-order chi connectivity index (χ0) is 32.3. The van der Waals surface area contributed by atoms with Crippen LogP contribution < -0.4 is 4.90 Å². The lowest BCUT2D eigenvalue weighted by Crippen LogP contribution is -2.11. The van der Waals surface area contributed by atoms with E-state index in [1.807, 2.05) is 18.2 Å². The number of anilines is 3. The van der Waals surface area contributed by atoms with Gasteiger partial charge in [0.2, 0.25) is 0 Å². The summed E-state index contributed by atoms with van der Waals surface area (Å²) < 4.78 is 13.3. The highest BCUT2D eigenvalue weighted by atomic mass is 16.3. The molecule has 0 bridgehead atoms. The standard InChI is InChI=1S/C46H29NO2/c1-3-14-30(15-4-1)34-27-26-33(29-38(34)31-16-5-2-6-17-31)47(40-22-13-25-43-44(40)37-21-10-12-24-42(37)48-43)45-35-19-8-7-18-32(35)28-39-36-20-9-11-23-41(36)49-46(39)45/h1-29H. The Balaban J connectivity index is 1.36. The molecule has 0 amide bonds. The van der Waals surface area contributed by atoms with Gasteiger partial charge in [-0.1, -0.05) is 133 Å². The molecular formula is C46H29NO2. The highest BCUT2D eigenvalue weighted by Gasteiger charge is 2.26. The third-order valence-corrected chi connectivity index (χ3v) is 9.64. The minimum absolute atomic E-state index is 0.842. The van der Waals surface area contributed by atoms with Crippen LogP contribution in [0.4, 0.5) is 17.1 Å². The Morgan fingerprint density at radius 3 is 1.78 bits per heavy atom. The number of furan rings is 2. The molecule has 49 heavy (non-hydrogen) atoms. The second kappa shape index (κ2) is 11.0. The molecule has 0 aliphatic rings. The van der Waals surface area contributed by atoms with E-state index in [1.165, 1.54) is 11.1 Å². The van der Waals surface area contributed by atoms with Gasteiger partial charge in [-0.2, -0.15) is 0 Å². The van der Waals surface area contributed by atoms with Crippen LogP contribution in [0.1, 0.15) is 0 Å². The van der Waals surface area contributed by atoms with Crippen molar-refractivity contribution in [3.8, 4) is 22.3 Å². The third-order valence-electron chi connectivity index (χ3n) is 9.64. The fourth-order valence-corrected chi connectivity index (χ4v) is 7.45. The molecule has 2 heterocycles. The Morgan fingerprint density at radius 2 is 1.00 bits per heavy atom. The molecule has 0 atom stereocenters. The summed E-state index contributed by atoms with van der Waals surface area (Å²) in [5, 5.41) is 6.57. The molecule has 0 unspecified atom stereocenters. The van der Waals surface area contributed by atoms with Crippen LogP contribution in [0.3, 0.4) is 0 Å². The summed E-state index contributed by atoms with van der Waals surface area (Å²) in [7, 11) is 0. The van der Waals surface area contributed by atoms with Gasteiger partial charge in [0.25, 0.3) is 0 Å². The fourth-order valence-electron chi connectivity index (χ4n) is 7.45. The fraction of sp³-hybridized carbons (Fsp3) is 0. The monoisotopic (exact) mass is 627 g/mol. The van der Waals surface area contributed by atoms with E-state index in [0.717, 1.165) is 82.8 Å². The second-order valence-corrected chi connectivity index (χ2v) is 12.5. The summed E-state index contributed by atoms with van der Waals surface area (Å²) in [5.74, 6) is 0. The molecule has 0 N–H and O–H groups in total. The van der Waals surface area contributed by atoms with E-state index in [1.54, 1.807) is 0 Å². The van der Waals surface area contributed by atoms with Gasteiger partial charge in [0.1, 0.15) is 16.7 Å². The normalized spacial score (nSPS) is 11.7. The van der Waals surface area contributed by atoms with Gasteiger partial charge in [-0.15, -0.1) is 0 Å². The zero-order valence-corrected chi connectivity index (χ0v) is 26.5. The minimum Gasteiger partial charge on any atom is -0.456 e. The average molecular weight is 628 g/mol. The minimum atomic E-state index is 0.842. The maximum atomic E-state index is 6.84. The first kappa shape index (κ1) is 27.5. The first-order valence-corrected chi connectivity index (χ1v) is 16.6. The van der Waals surface area contributed by atoms with Gasteiger partial charge in [-0.3, -0.25) is 0 Å². The molecule has 3 heteroatoms. The van der Waals surface area contributed by atoms with Crippen LogP contribution in [0.15, 0.2) is 185 Å². The van der Waals surface area contributed by atoms with Crippen LogP contribution in [0.2, 0.25) is 0 Å². The van der Waals surface area contributed by atoms with Crippen molar-refractivity contribution in [2.45, 2.75) is 0 Å². The van der Waals surface area contributed by atoms with Gasteiger partial charge in [-0.05, 0) is 70.1 Å². The van der Waals surface area contributed by atoms with Crippen LogP contribution in [-0.4, -0.2) is 0 Å². The first-order chi connectivity index (χ1) is 24.3. The maximum Gasteiger partial charge on any atom is 0.160 e. The molecule has 10 aromatic rings. The van der Waals surface area contributed by atoms with Crippen LogP contribution in [0.5, 0.6) is 0 Å². The summed E-state index contributed by atoms with van der Waals surface area (Å²) in [4.78, 5) is 2.39. The van der Waals surface area contributed by atoms with E-state index in [4.69, 9.17) is 8.83 Å². The highest BCUT2D eigenvalue weighted by molar-refractivity contribution is 6.22. The van der Waals surface area contributed by atoms with Gasteiger partial charge in [-0.25, -0.2) is 0 Å². The van der Waals surface area contributed by atoms with Crippen LogP contribution >= 0.6 is 0 Å². The molecule has 0 aliphatic heterocycles. The number of fused-ring (bicyclic) bond motifs is 7. The van der Waals surface area contributed by atoms with Gasteiger partial charge in [0.15, 0.2) is 5.58 Å². The Bertz CT molecular complexity index is 2830. The van der Waals surface area contributed by atoms with E-state index in [0.29, 0.717) is 0 Å². The predicted octanol–water partition coefficient (Wildman–Crippen LogP) is 13.4. The van der Waals surface area contributed by atoms with Crippen LogP contribution in [0.25, 0.3) is 76.9 Å². The van der Waals surface area contributed by atoms with Crippen molar-refractivity contribution in [3.05, 3.63) is 176 Å². The van der Waals surface area contributed by atoms with Gasteiger partial charge >= 0.3 is 0 Å². The van der Waals surface area contributed by atoms with E-state index >= 15 is 0 Å². The summed E-state index contributed by atoms with van der Waals surface area (Å²) >= 11 is 0. The van der Waals surface area contributed by atoms with E-state index in [9.17, 15) is 0 Å². The molecule has 8 aromatic carbocycles. The summed E-state index contributed by atoms with van der Waals surface area (Å²) in [6.07, 6.45) is 0. The van der Waals surface area contributed by atoms with Crippen LogP contribution in [0, 0.1) is 0 Å². The quantitative estimate of drug-likeness (QED) is 0.190. The zero-order valence-electron chi connectivity index (χ0n) is 26.5. The molecule has 0 fully saturated rings. The van der Waals surface area contributed by atoms with Crippen molar-refractivity contribution in [2.75, 3.05) is 4.90 Å². The Hall–Kier alpha value is -6.58. The average Bonchev–Trinajstić information content (AvgIpc) is 3.74. The summed E-state index contributed by atoms with van der Waals surface area (Å²) in [6, 6.07) is 62.0. The number of hydrogen-bond acceptors (Lipinski definition) is 3. The van der Waals surface area contributed by atoms with E-state index in [-0.39, 0.29) is 0 Å². The van der Waals surface area contributed by atoms with Crippen molar-refractivity contribution < 1.29 is 8.83 Å². The lowest BCUT2D eigenvalue weighted by molar-refractivity contribution is 0.668. The first-order valence-electron chi connectivity index (χ1n) is 16.6. The molecule has 0 saturated carbocycles. The number of rotatable bonds is 5. The van der Waals surface area contributed by atoms with Crippen molar-refractivity contribution in [1.29, 1.82) is 0 Å². The Labute approximate surface area is 282 Å². The van der Waals surface area contributed by atoms with Gasteiger partial charge in [0.05, 0.1) is 16.8 Å². The molecule has 0 spiro atoms. The Kier molecular flexibility index (Phi) is 6.18. The van der Waals surface area contributed by atoms with Crippen LogP contribution in [-0.2, 0) is 0 Å². The molecule has 0 radical (unpaired) electrons. The number of nitrogens with zero attached hydrogens (tertiary/aromatic N) is 1. The SMILES string of the molecule is c1ccc(-c2ccc(N(c3c4ccccc4cc4c3oc3ccccc34)c3cccc4oc5ccccc5c34)cc2-c2ccccc2)cc1. The smallest absolute Gasteiger partial charge is 0.160 e.